The number of hydrogen-bond acceptors (Lipinski definition) is 5. The van der Waals surface area contributed by atoms with Gasteiger partial charge in [-0.1, -0.05) is 69.3 Å². The normalized spacial score (nSPS) is 10.8. The van der Waals surface area contributed by atoms with E-state index in [4.69, 9.17) is 15.1 Å². The van der Waals surface area contributed by atoms with Crippen LogP contribution in [0.3, 0.4) is 0 Å². The van der Waals surface area contributed by atoms with Crippen molar-refractivity contribution in [1.82, 2.24) is 0 Å². The third-order valence-electron chi connectivity index (χ3n) is 2.94. The van der Waals surface area contributed by atoms with Crippen LogP contribution in [0.15, 0.2) is 41.6 Å². The largest absolute Gasteiger partial charge is 1.00 e. The molecule has 1 aromatic rings. The number of carboxylic acid groups (broad SMARTS) is 2. The van der Waals surface area contributed by atoms with Gasteiger partial charge in [0, 0.05) is 11.8 Å². The van der Waals surface area contributed by atoms with Crippen LogP contribution < -0.4 is 29.6 Å². The maximum Gasteiger partial charge on any atom is 1.00 e. The average molecular weight is 387 g/mol. The van der Waals surface area contributed by atoms with Gasteiger partial charge in [-0.3, -0.25) is 4.79 Å². The van der Waals surface area contributed by atoms with Gasteiger partial charge >= 0.3 is 41.5 Å². The summed E-state index contributed by atoms with van der Waals surface area (Å²) in [4.78, 5) is 35.8. The molecule has 144 valence electrons. The Hall–Kier alpha value is -1.96. The maximum atomic E-state index is 10.8. The van der Waals surface area contributed by atoms with Gasteiger partial charge in [0.25, 0.3) is 0 Å². The minimum atomic E-state index is -1.35. The molecule has 0 saturated carbocycles. The van der Waals surface area contributed by atoms with Gasteiger partial charge in [-0.25, -0.2) is 9.59 Å². The summed E-state index contributed by atoms with van der Waals surface area (Å²) in [5, 5.41) is 20.5. The van der Waals surface area contributed by atoms with E-state index in [1.165, 1.54) is 0 Å². The summed E-state index contributed by atoms with van der Waals surface area (Å²) >= 11 is 0. The molecule has 7 nitrogen and oxygen atoms in total. The van der Waals surface area contributed by atoms with E-state index in [2.05, 4.69) is 5.16 Å². The molecule has 0 atom stereocenters. The number of carbonyl (C=O) groups excluding carboxylic acids is 1. The number of oxime groups is 1. The van der Waals surface area contributed by atoms with Crippen LogP contribution in [0.1, 0.15) is 34.7 Å². The van der Waals surface area contributed by atoms with Gasteiger partial charge in [0.1, 0.15) is 6.61 Å². The second-order valence-corrected chi connectivity index (χ2v) is 5.87. The van der Waals surface area contributed by atoms with E-state index in [-0.39, 0.29) is 49.2 Å². The molecule has 0 aromatic heterocycles. The Morgan fingerprint density at radius 2 is 1.59 bits per heavy atom. The number of ketones is 1. The first-order valence-electron chi connectivity index (χ1n) is 8.08. The van der Waals surface area contributed by atoms with Gasteiger partial charge in [0.15, 0.2) is 5.71 Å². The number of carbonyl (C=O) groups is 3. The number of Topliss-reactive ketones (excluding diaryl/α,β-unsaturated/α-hetero) is 1. The molecule has 1 aromatic carbocycles. The average Bonchev–Trinajstić information content (AvgIpc) is 2.57. The molecule has 27 heavy (non-hydrogen) atoms. The summed E-state index contributed by atoms with van der Waals surface area (Å²) in [6.45, 7) is 6.87. The molecular weight excluding hydrogens is 361 g/mol. The van der Waals surface area contributed by atoms with Crippen LogP contribution in [0.4, 0.5) is 0 Å². The second kappa shape index (κ2) is 15.1. The van der Waals surface area contributed by atoms with Crippen molar-refractivity contribution in [2.75, 3.05) is 6.61 Å². The molecule has 8 heteroatoms. The first-order chi connectivity index (χ1) is 12.2. The summed E-state index contributed by atoms with van der Waals surface area (Å²) < 4.78 is 0. The SMILES string of the molecule is CC(C)/C(=N/OC/C=C/c1ccccc1)C(=O)O.CC(C)C(=O)C(=O)O.[H-].[Na+]. The maximum absolute atomic E-state index is 10.8. The molecular formula is C19H26NNaO6. The Labute approximate surface area is 182 Å². The van der Waals surface area contributed by atoms with Gasteiger partial charge < -0.3 is 16.5 Å². The molecule has 0 spiro atoms. The Balaban J connectivity index is -0.000000537. The monoisotopic (exact) mass is 387 g/mol. The summed E-state index contributed by atoms with van der Waals surface area (Å²) in [6.07, 6.45) is 3.68. The number of hydrogen-bond donors (Lipinski definition) is 2. The molecule has 2 N–H and O–H groups in total. The molecule has 0 aliphatic heterocycles. The topological polar surface area (TPSA) is 113 Å². The summed E-state index contributed by atoms with van der Waals surface area (Å²) in [5.74, 6) is -3.69. The van der Waals surface area contributed by atoms with Crippen molar-refractivity contribution in [3.05, 3.63) is 42.0 Å². The van der Waals surface area contributed by atoms with E-state index < -0.39 is 23.6 Å². The molecule has 0 saturated heterocycles. The minimum absolute atomic E-state index is 0. The molecule has 0 heterocycles. The molecule has 0 fully saturated rings. The summed E-state index contributed by atoms with van der Waals surface area (Å²) in [5.41, 5.74) is 1.09. The third kappa shape index (κ3) is 12.9. The van der Waals surface area contributed by atoms with Gasteiger partial charge in [-0.15, -0.1) is 0 Å². The van der Waals surface area contributed by atoms with E-state index in [0.29, 0.717) is 0 Å². The Morgan fingerprint density at radius 1 is 1.04 bits per heavy atom. The van der Waals surface area contributed by atoms with E-state index in [9.17, 15) is 14.4 Å². The standard InChI is InChI=1S/C14H17NO3.C5H8O3.Na.H/c1-11(2)13(14(16)17)15-18-10-6-9-12-7-4-3-5-8-12;1-3(2)4(6)5(7)8;;/h3-9,11H,10H2,1-2H3,(H,16,17);3H,1-2H3,(H,7,8);;/q;;+1;-1/b9-6+,15-13-;;;. The van der Waals surface area contributed by atoms with Gasteiger partial charge in [-0.05, 0) is 11.6 Å². The molecule has 0 bridgehead atoms. The fraction of sp³-hybridized carbons (Fsp3) is 0.368. The fourth-order valence-electron chi connectivity index (χ4n) is 1.54. The Bertz CT molecular complexity index is 660. The number of nitrogens with zero attached hydrogens (tertiary/aromatic N) is 1. The van der Waals surface area contributed by atoms with Crippen LogP contribution in [0.25, 0.3) is 6.08 Å². The Morgan fingerprint density at radius 3 is 1.96 bits per heavy atom. The van der Waals surface area contributed by atoms with Gasteiger partial charge in [0.2, 0.25) is 5.78 Å². The molecule has 0 radical (unpaired) electrons. The Kier molecular flexibility index (Phi) is 15.3. The summed E-state index contributed by atoms with van der Waals surface area (Å²) in [6, 6.07) is 9.77. The van der Waals surface area contributed by atoms with Crippen LogP contribution in [-0.2, 0) is 19.2 Å². The van der Waals surface area contributed by atoms with Crippen LogP contribution >= 0.6 is 0 Å². The van der Waals surface area contributed by atoms with E-state index in [1.807, 2.05) is 36.4 Å². The third-order valence-corrected chi connectivity index (χ3v) is 2.94. The van der Waals surface area contributed by atoms with Crippen LogP contribution in [0.5, 0.6) is 0 Å². The molecule has 0 aliphatic carbocycles. The van der Waals surface area contributed by atoms with E-state index in [0.717, 1.165) is 5.56 Å². The van der Waals surface area contributed by atoms with E-state index in [1.54, 1.807) is 33.8 Å². The fourth-order valence-corrected chi connectivity index (χ4v) is 1.54. The van der Waals surface area contributed by atoms with E-state index >= 15 is 0 Å². The first kappa shape index (κ1) is 27.3. The summed E-state index contributed by atoms with van der Waals surface area (Å²) in [7, 11) is 0. The number of rotatable bonds is 8. The van der Waals surface area contributed by atoms with Gasteiger partial charge in [0.05, 0.1) is 0 Å². The molecule has 0 amide bonds. The second-order valence-electron chi connectivity index (χ2n) is 5.87. The first-order valence-corrected chi connectivity index (χ1v) is 8.08. The van der Waals surface area contributed by atoms with Gasteiger partial charge in [-0.2, -0.15) is 0 Å². The zero-order valence-corrected chi connectivity index (χ0v) is 18.4. The van der Waals surface area contributed by atoms with Crippen LogP contribution in [0, 0.1) is 11.8 Å². The van der Waals surface area contributed by atoms with Crippen molar-refractivity contribution in [1.29, 1.82) is 0 Å². The number of aliphatic carboxylic acids is 2. The molecule has 0 aliphatic rings. The zero-order valence-electron chi connectivity index (χ0n) is 17.4. The minimum Gasteiger partial charge on any atom is -1.00 e. The predicted octanol–water partition coefficient (Wildman–Crippen LogP) is 0.226. The van der Waals surface area contributed by atoms with Crippen molar-refractivity contribution in [3.8, 4) is 0 Å². The van der Waals surface area contributed by atoms with Crippen molar-refractivity contribution >= 4 is 29.5 Å². The quantitative estimate of drug-likeness (QED) is 0.217. The predicted molar refractivity (Wildman–Crippen MR) is 99.9 cm³/mol. The number of benzene rings is 1. The van der Waals surface area contributed by atoms with Crippen molar-refractivity contribution in [2.45, 2.75) is 27.7 Å². The van der Waals surface area contributed by atoms with Crippen molar-refractivity contribution in [3.63, 3.8) is 0 Å². The van der Waals surface area contributed by atoms with Crippen LogP contribution in [-0.4, -0.2) is 40.3 Å². The zero-order chi connectivity index (χ0) is 20.1. The van der Waals surface area contributed by atoms with Crippen molar-refractivity contribution in [2.24, 2.45) is 17.0 Å². The molecule has 0 unspecified atom stereocenters. The molecule has 1 rings (SSSR count). The number of carboxylic acids is 2. The van der Waals surface area contributed by atoms with Crippen molar-refractivity contribution < 1.29 is 60.4 Å². The van der Waals surface area contributed by atoms with Crippen LogP contribution in [0.2, 0.25) is 0 Å². The smallest absolute Gasteiger partial charge is 1.00 e.